The molecule has 4 rings (SSSR count). The summed E-state index contributed by atoms with van der Waals surface area (Å²) >= 11 is 1.47. The van der Waals surface area contributed by atoms with E-state index in [2.05, 4.69) is 16.0 Å². The zero-order valence-corrected chi connectivity index (χ0v) is 17.3. The van der Waals surface area contributed by atoms with Gasteiger partial charge in [-0.3, -0.25) is 9.69 Å². The predicted octanol–water partition coefficient (Wildman–Crippen LogP) is 3.29. The molecule has 2 saturated heterocycles. The number of aromatic nitrogens is 1. The van der Waals surface area contributed by atoms with Crippen molar-refractivity contribution in [1.82, 2.24) is 14.8 Å². The largest absolute Gasteiger partial charge is 0.493 e. The monoisotopic (exact) mass is 401 g/mol. The second-order valence-electron chi connectivity index (χ2n) is 7.82. The predicted molar refractivity (Wildman–Crippen MR) is 109 cm³/mol. The second kappa shape index (κ2) is 8.09. The molecule has 1 aromatic heterocycles. The molecule has 2 aromatic rings. The van der Waals surface area contributed by atoms with Gasteiger partial charge in [0.05, 0.1) is 19.7 Å². The van der Waals surface area contributed by atoms with E-state index in [0.29, 0.717) is 5.69 Å². The molecule has 1 amide bonds. The molecule has 2 fully saturated rings. The number of hydrogen-bond acceptors (Lipinski definition) is 6. The van der Waals surface area contributed by atoms with Crippen LogP contribution < -0.4 is 9.47 Å². The van der Waals surface area contributed by atoms with Crippen LogP contribution >= 0.6 is 11.3 Å². The lowest BCUT2D eigenvalue weighted by Crippen LogP contribution is -2.45. The molecule has 0 saturated carbocycles. The van der Waals surface area contributed by atoms with Gasteiger partial charge in [0.25, 0.3) is 5.91 Å². The van der Waals surface area contributed by atoms with E-state index in [9.17, 15) is 4.79 Å². The number of amides is 1. The van der Waals surface area contributed by atoms with E-state index >= 15 is 0 Å². The average Bonchev–Trinajstić information content (AvgIpc) is 3.38. The summed E-state index contributed by atoms with van der Waals surface area (Å²) in [6, 6.07) is 6.05. The fourth-order valence-corrected chi connectivity index (χ4v) is 5.21. The first-order valence-corrected chi connectivity index (χ1v) is 10.7. The SMILES string of the molecule is COc1cccc(CN2CCCC3(CCN(C(=O)c4cscn4)C3)C2)c1OC. The van der Waals surface area contributed by atoms with Crippen LogP contribution in [-0.4, -0.2) is 61.1 Å². The van der Waals surface area contributed by atoms with Gasteiger partial charge in [0, 0.05) is 42.5 Å². The number of methoxy groups -OCH3 is 2. The number of hydrogen-bond donors (Lipinski definition) is 0. The highest BCUT2D eigenvalue weighted by atomic mass is 32.1. The lowest BCUT2D eigenvalue weighted by atomic mass is 9.79. The minimum Gasteiger partial charge on any atom is -0.493 e. The van der Waals surface area contributed by atoms with Gasteiger partial charge in [-0.15, -0.1) is 11.3 Å². The van der Waals surface area contributed by atoms with Crippen LogP contribution in [0.1, 0.15) is 35.3 Å². The van der Waals surface area contributed by atoms with E-state index in [0.717, 1.165) is 62.6 Å². The molecule has 1 unspecified atom stereocenters. The maximum Gasteiger partial charge on any atom is 0.273 e. The number of carbonyl (C=O) groups excluding carboxylic acids is 1. The Bertz CT molecular complexity index is 826. The van der Waals surface area contributed by atoms with Crippen molar-refractivity contribution in [3.63, 3.8) is 0 Å². The van der Waals surface area contributed by atoms with Crippen molar-refractivity contribution in [2.45, 2.75) is 25.8 Å². The maximum absolute atomic E-state index is 12.7. The van der Waals surface area contributed by atoms with Gasteiger partial charge in [-0.25, -0.2) is 4.98 Å². The molecule has 0 N–H and O–H groups in total. The summed E-state index contributed by atoms with van der Waals surface area (Å²) in [5.74, 6) is 1.66. The Morgan fingerprint density at radius 3 is 2.86 bits per heavy atom. The third-order valence-corrected chi connectivity index (χ3v) is 6.58. The van der Waals surface area contributed by atoms with Crippen LogP contribution in [-0.2, 0) is 6.54 Å². The fraction of sp³-hybridized carbons (Fsp3) is 0.524. The Hall–Kier alpha value is -2.12. The molecule has 6 nitrogen and oxygen atoms in total. The number of likely N-dealkylation sites (tertiary alicyclic amines) is 2. The molecule has 7 heteroatoms. The lowest BCUT2D eigenvalue weighted by molar-refractivity contribution is 0.0670. The number of benzene rings is 1. The molecule has 150 valence electrons. The molecule has 2 aliphatic rings. The summed E-state index contributed by atoms with van der Waals surface area (Å²) in [5.41, 5.74) is 3.64. The van der Waals surface area contributed by atoms with Crippen molar-refractivity contribution in [1.29, 1.82) is 0 Å². The van der Waals surface area contributed by atoms with Crippen LogP contribution in [0.2, 0.25) is 0 Å². The molecule has 1 atom stereocenters. The number of para-hydroxylation sites is 1. The van der Waals surface area contributed by atoms with E-state index in [1.54, 1.807) is 19.7 Å². The minimum absolute atomic E-state index is 0.0738. The smallest absolute Gasteiger partial charge is 0.273 e. The summed E-state index contributed by atoms with van der Waals surface area (Å²) in [6.07, 6.45) is 3.40. The molecule has 2 aliphatic heterocycles. The highest BCUT2D eigenvalue weighted by Gasteiger charge is 2.43. The van der Waals surface area contributed by atoms with Gasteiger partial charge in [0.15, 0.2) is 11.5 Å². The summed E-state index contributed by atoms with van der Waals surface area (Å²) in [7, 11) is 3.36. The van der Waals surface area contributed by atoms with E-state index in [4.69, 9.17) is 9.47 Å². The Kier molecular flexibility index (Phi) is 5.55. The van der Waals surface area contributed by atoms with Crippen molar-refractivity contribution < 1.29 is 14.3 Å². The van der Waals surface area contributed by atoms with Crippen LogP contribution in [0.3, 0.4) is 0 Å². The van der Waals surface area contributed by atoms with E-state index in [-0.39, 0.29) is 11.3 Å². The fourth-order valence-electron chi connectivity index (χ4n) is 4.69. The zero-order valence-electron chi connectivity index (χ0n) is 16.5. The molecular weight excluding hydrogens is 374 g/mol. The van der Waals surface area contributed by atoms with E-state index < -0.39 is 0 Å². The Morgan fingerprint density at radius 1 is 1.21 bits per heavy atom. The lowest BCUT2D eigenvalue weighted by Gasteiger charge is -2.40. The molecule has 3 heterocycles. The molecule has 0 bridgehead atoms. The van der Waals surface area contributed by atoms with Crippen LogP contribution in [0.25, 0.3) is 0 Å². The van der Waals surface area contributed by atoms with Crippen molar-refractivity contribution >= 4 is 17.2 Å². The zero-order chi connectivity index (χ0) is 19.6. The van der Waals surface area contributed by atoms with Crippen molar-refractivity contribution in [3.05, 3.63) is 40.3 Å². The Labute approximate surface area is 170 Å². The molecule has 1 aromatic carbocycles. The topological polar surface area (TPSA) is 54.9 Å². The number of ether oxygens (including phenoxy) is 2. The molecule has 0 aliphatic carbocycles. The van der Waals surface area contributed by atoms with Crippen LogP contribution in [0.5, 0.6) is 11.5 Å². The maximum atomic E-state index is 12.7. The van der Waals surface area contributed by atoms with Gasteiger partial charge in [-0.05, 0) is 31.9 Å². The van der Waals surface area contributed by atoms with Crippen molar-refractivity contribution in [2.24, 2.45) is 5.41 Å². The standard InChI is InChI=1S/C21H27N3O3S/c1-26-18-6-3-5-16(19(18)27-2)11-23-9-4-7-21(13-23)8-10-24(14-21)20(25)17-12-28-15-22-17/h3,5-6,12,15H,4,7-11,13-14H2,1-2H3. The first-order valence-electron chi connectivity index (χ1n) is 9.74. The highest BCUT2D eigenvalue weighted by Crippen LogP contribution is 2.40. The van der Waals surface area contributed by atoms with E-state index in [1.165, 1.54) is 17.8 Å². The third kappa shape index (κ3) is 3.73. The van der Waals surface area contributed by atoms with Gasteiger partial charge in [-0.2, -0.15) is 0 Å². The number of piperidine rings is 1. The second-order valence-corrected chi connectivity index (χ2v) is 8.54. The first-order chi connectivity index (χ1) is 13.6. The van der Waals surface area contributed by atoms with Crippen LogP contribution in [0.4, 0.5) is 0 Å². The summed E-state index contributed by atoms with van der Waals surface area (Å²) in [5, 5.41) is 1.84. The number of carbonyl (C=O) groups is 1. The number of rotatable bonds is 5. The normalized spacial score (nSPS) is 22.6. The van der Waals surface area contributed by atoms with Crippen LogP contribution in [0, 0.1) is 5.41 Å². The van der Waals surface area contributed by atoms with Crippen molar-refractivity contribution in [2.75, 3.05) is 40.4 Å². The van der Waals surface area contributed by atoms with Gasteiger partial charge in [-0.1, -0.05) is 12.1 Å². The van der Waals surface area contributed by atoms with Crippen LogP contribution in [0.15, 0.2) is 29.1 Å². The number of thiazole rings is 1. The quantitative estimate of drug-likeness (QED) is 0.770. The van der Waals surface area contributed by atoms with Gasteiger partial charge < -0.3 is 14.4 Å². The molecular formula is C21H27N3O3S. The van der Waals surface area contributed by atoms with Gasteiger partial charge in [0.2, 0.25) is 0 Å². The Morgan fingerprint density at radius 2 is 2.11 bits per heavy atom. The highest BCUT2D eigenvalue weighted by molar-refractivity contribution is 7.07. The summed E-state index contributed by atoms with van der Waals surface area (Å²) in [6.45, 7) is 4.57. The van der Waals surface area contributed by atoms with Crippen molar-refractivity contribution in [3.8, 4) is 11.5 Å². The van der Waals surface area contributed by atoms with Gasteiger partial charge >= 0.3 is 0 Å². The van der Waals surface area contributed by atoms with E-state index in [1.807, 2.05) is 22.4 Å². The number of nitrogens with zero attached hydrogens (tertiary/aromatic N) is 3. The third-order valence-electron chi connectivity index (χ3n) is 6.00. The molecule has 1 spiro atoms. The summed E-state index contributed by atoms with van der Waals surface area (Å²) < 4.78 is 11.0. The first kappa shape index (κ1) is 19.2. The minimum atomic E-state index is 0.0738. The molecule has 0 radical (unpaired) electrons. The Balaban J connectivity index is 1.45. The summed E-state index contributed by atoms with van der Waals surface area (Å²) in [4.78, 5) is 21.4. The molecule has 28 heavy (non-hydrogen) atoms. The van der Waals surface area contributed by atoms with Gasteiger partial charge in [0.1, 0.15) is 5.69 Å². The average molecular weight is 402 g/mol.